The van der Waals surface area contributed by atoms with Crippen LogP contribution in [0.2, 0.25) is 0 Å². The number of hydrogen-bond acceptors (Lipinski definition) is 0. The largest absolute Gasteiger partial charge is 0.340 e. The Morgan fingerprint density at radius 2 is 1.36 bits per heavy atom. The summed E-state index contributed by atoms with van der Waals surface area (Å²) >= 11 is 0. The van der Waals surface area contributed by atoms with Crippen molar-refractivity contribution in [3.05, 3.63) is 76.9 Å². The number of hydrogen-bond donors (Lipinski definition) is 1. The van der Waals surface area contributed by atoms with Crippen molar-refractivity contribution in [2.75, 3.05) is 20.6 Å². The van der Waals surface area contributed by atoms with Gasteiger partial charge < -0.3 is 4.90 Å². The molecule has 0 aromatic heterocycles. The van der Waals surface area contributed by atoms with Crippen LogP contribution in [0.1, 0.15) is 42.5 Å². The second kappa shape index (κ2) is 5.73. The van der Waals surface area contributed by atoms with E-state index >= 15 is 0 Å². The summed E-state index contributed by atoms with van der Waals surface area (Å²) in [6.45, 7) is 5.84. The monoisotopic (exact) mass is 292 g/mol. The molecular weight excluding hydrogens is 266 g/mol. The Kier molecular flexibility index (Phi) is 3.92. The maximum Gasteiger partial charge on any atom is 0.0802 e. The van der Waals surface area contributed by atoms with Gasteiger partial charge in [-0.3, -0.25) is 0 Å². The minimum absolute atomic E-state index is 0.0668. The fraction of sp³-hybridized carbons (Fsp3) is 0.333. The van der Waals surface area contributed by atoms with Crippen LogP contribution in [-0.2, 0) is 5.41 Å². The maximum absolute atomic E-state index is 2.43. The third-order valence-electron chi connectivity index (χ3n) is 4.77. The molecule has 0 bridgehead atoms. The first-order valence-corrected chi connectivity index (χ1v) is 8.21. The average molecular weight is 292 g/mol. The van der Waals surface area contributed by atoms with Crippen LogP contribution in [0.25, 0.3) is 5.57 Å². The first kappa shape index (κ1) is 15.1. The first-order valence-electron chi connectivity index (χ1n) is 8.21. The molecule has 0 saturated heterocycles. The Labute approximate surface area is 134 Å². The summed E-state index contributed by atoms with van der Waals surface area (Å²) in [5.41, 5.74) is 7.16. The van der Waals surface area contributed by atoms with Crippen LogP contribution < -0.4 is 4.90 Å². The van der Waals surface area contributed by atoms with Crippen molar-refractivity contribution >= 4 is 5.57 Å². The van der Waals surface area contributed by atoms with Gasteiger partial charge in [0.15, 0.2) is 0 Å². The third-order valence-corrected chi connectivity index (χ3v) is 4.77. The lowest BCUT2D eigenvalue weighted by Crippen LogP contribution is -3.05. The fourth-order valence-corrected chi connectivity index (χ4v) is 3.54. The Bertz CT molecular complexity index is 656. The van der Waals surface area contributed by atoms with E-state index in [1.54, 1.807) is 0 Å². The van der Waals surface area contributed by atoms with E-state index in [9.17, 15) is 0 Å². The van der Waals surface area contributed by atoms with E-state index in [-0.39, 0.29) is 5.41 Å². The molecule has 0 unspecified atom stereocenters. The summed E-state index contributed by atoms with van der Waals surface area (Å²) in [5.74, 6) is 0. The van der Waals surface area contributed by atoms with Gasteiger partial charge in [-0.25, -0.2) is 0 Å². The van der Waals surface area contributed by atoms with Gasteiger partial charge in [0, 0.05) is 11.8 Å². The average Bonchev–Trinajstić information content (AvgIpc) is 2.51. The minimum atomic E-state index is 0.0668. The predicted molar refractivity (Wildman–Crippen MR) is 94.4 cm³/mol. The molecule has 1 aliphatic carbocycles. The molecule has 1 N–H and O–H groups in total. The Hall–Kier alpha value is -1.86. The first-order chi connectivity index (χ1) is 10.5. The highest BCUT2D eigenvalue weighted by atomic mass is 15.0. The Morgan fingerprint density at radius 1 is 0.864 bits per heavy atom. The molecule has 1 heteroatoms. The molecule has 0 saturated carbocycles. The van der Waals surface area contributed by atoms with E-state index in [0.717, 1.165) is 13.0 Å². The molecule has 0 heterocycles. The molecule has 22 heavy (non-hydrogen) atoms. The van der Waals surface area contributed by atoms with E-state index in [0.29, 0.717) is 0 Å². The molecule has 0 radical (unpaired) electrons. The fourth-order valence-electron chi connectivity index (χ4n) is 3.54. The number of fused-ring (bicyclic) bond motifs is 2. The SMILES string of the molecule is C[NH+](C)CCC=C1c2ccccc2C(C)(C)c2ccccc21. The smallest absolute Gasteiger partial charge is 0.0802 e. The minimum Gasteiger partial charge on any atom is -0.340 e. The molecule has 1 aliphatic rings. The molecule has 0 amide bonds. The van der Waals surface area contributed by atoms with Crippen molar-refractivity contribution in [2.24, 2.45) is 0 Å². The summed E-state index contributed by atoms with van der Waals surface area (Å²) in [5, 5.41) is 0. The topological polar surface area (TPSA) is 4.44 Å². The summed E-state index contributed by atoms with van der Waals surface area (Å²) in [6, 6.07) is 17.8. The standard InChI is InChI=1S/C21H25N/c1-21(2)19-13-7-5-10-17(19)16(12-9-15-22(3)4)18-11-6-8-14-20(18)21/h5-8,10-14H,9,15H2,1-4H3/p+1. The summed E-state index contributed by atoms with van der Waals surface area (Å²) in [6.07, 6.45) is 3.54. The van der Waals surface area contributed by atoms with Gasteiger partial charge in [0.2, 0.25) is 0 Å². The molecule has 114 valence electrons. The molecule has 0 atom stereocenters. The lowest BCUT2D eigenvalue weighted by molar-refractivity contribution is -0.857. The van der Waals surface area contributed by atoms with E-state index in [1.165, 1.54) is 32.7 Å². The highest BCUT2D eigenvalue weighted by Crippen LogP contribution is 2.46. The number of benzene rings is 2. The molecule has 0 aliphatic heterocycles. The van der Waals surface area contributed by atoms with Crippen molar-refractivity contribution in [1.82, 2.24) is 0 Å². The molecule has 2 aromatic rings. The number of quaternary nitrogens is 1. The van der Waals surface area contributed by atoms with Crippen LogP contribution in [0, 0.1) is 0 Å². The van der Waals surface area contributed by atoms with Gasteiger partial charge in [-0.05, 0) is 27.8 Å². The normalized spacial score (nSPS) is 15.4. The quantitative estimate of drug-likeness (QED) is 0.885. The van der Waals surface area contributed by atoms with Crippen LogP contribution in [0.4, 0.5) is 0 Å². The van der Waals surface area contributed by atoms with E-state index in [1.807, 2.05) is 0 Å². The van der Waals surface area contributed by atoms with Gasteiger partial charge in [-0.15, -0.1) is 0 Å². The summed E-state index contributed by atoms with van der Waals surface area (Å²) in [4.78, 5) is 1.49. The zero-order valence-electron chi connectivity index (χ0n) is 14.1. The van der Waals surface area contributed by atoms with Gasteiger partial charge in [-0.2, -0.15) is 0 Å². The van der Waals surface area contributed by atoms with Crippen LogP contribution in [0.15, 0.2) is 54.6 Å². The molecule has 3 rings (SSSR count). The molecular formula is C21H26N+. The van der Waals surface area contributed by atoms with E-state index in [2.05, 4.69) is 82.5 Å². The number of rotatable bonds is 3. The van der Waals surface area contributed by atoms with Crippen molar-refractivity contribution in [3.8, 4) is 0 Å². The van der Waals surface area contributed by atoms with E-state index in [4.69, 9.17) is 0 Å². The van der Waals surface area contributed by atoms with Crippen LogP contribution >= 0.6 is 0 Å². The van der Waals surface area contributed by atoms with Crippen molar-refractivity contribution < 1.29 is 4.90 Å². The Balaban J connectivity index is 2.16. The highest BCUT2D eigenvalue weighted by molar-refractivity contribution is 5.87. The van der Waals surface area contributed by atoms with Crippen molar-refractivity contribution in [3.63, 3.8) is 0 Å². The zero-order valence-corrected chi connectivity index (χ0v) is 14.1. The maximum atomic E-state index is 2.43. The molecule has 0 fully saturated rings. The van der Waals surface area contributed by atoms with Crippen molar-refractivity contribution in [1.29, 1.82) is 0 Å². The highest BCUT2D eigenvalue weighted by Gasteiger charge is 2.33. The molecule has 2 aromatic carbocycles. The van der Waals surface area contributed by atoms with E-state index < -0.39 is 0 Å². The summed E-state index contributed by atoms with van der Waals surface area (Å²) in [7, 11) is 4.43. The lowest BCUT2D eigenvalue weighted by Gasteiger charge is -2.36. The third kappa shape index (κ3) is 2.50. The van der Waals surface area contributed by atoms with Gasteiger partial charge in [0.1, 0.15) is 0 Å². The van der Waals surface area contributed by atoms with Gasteiger partial charge >= 0.3 is 0 Å². The van der Waals surface area contributed by atoms with Gasteiger partial charge in [0.05, 0.1) is 20.6 Å². The second-order valence-electron chi connectivity index (χ2n) is 7.08. The summed E-state index contributed by atoms with van der Waals surface area (Å²) < 4.78 is 0. The zero-order chi connectivity index (χ0) is 15.7. The van der Waals surface area contributed by atoms with Crippen LogP contribution in [0.5, 0.6) is 0 Å². The van der Waals surface area contributed by atoms with Gasteiger partial charge in [-0.1, -0.05) is 68.5 Å². The van der Waals surface area contributed by atoms with Gasteiger partial charge in [0.25, 0.3) is 0 Å². The van der Waals surface area contributed by atoms with Crippen LogP contribution in [0.3, 0.4) is 0 Å². The number of nitrogens with one attached hydrogen (secondary N) is 1. The van der Waals surface area contributed by atoms with Crippen molar-refractivity contribution in [2.45, 2.75) is 25.7 Å². The van der Waals surface area contributed by atoms with Crippen LogP contribution in [-0.4, -0.2) is 20.6 Å². The predicted octanol–water partition coefficient (Wildman–Crippen LogP) is 3.29. The Morgan fingerprint density at radius 3 is 1.86 bits per heavy atom. The lowest BCUT2D eigenvalue weighted by atomic mass is 9.67. The molecule has 0 spiro atoms. The second-order valence-corrected chi connectivity index (χ2v) is 7.08. The molecule has 1 nitrogen and oxygen atoms in total.